The van der Waals surface area contributed by atoms with Crippen LogP contribution < -0.4 is 0 Å². The third-order valence-corrected chi connectivity index (χ3v) is 1.42. The molecule has 5 nitrogen and oxygen atoms in total. The maximum absolute atomic E-state index is 12.0. The van der Waals surface area contributed by atoms with Crippen LogP contribution in [0.4, 0.5) is 13.2 Å². The molecule has 0 saturated heterocycles. The molecule has 1 aromatic heterocycles. The highest BCUT2D eigenvalue weighted by Gasteiger charge is 2.35. The Kier molecular flexibility index (Phi) is 2.47. The molecule has 1 aromatic rings. The summed E-state index contributed by atoms with van der Waals surface area (Å²) in [5.41, 5.74) is -2.05. The number of halogens is 3. The number of nitrogens with zero attached hydrogens (tertiary/aromatic N) is 2. The number of alkyl halides is 3. The smallest absolute Gasteiger partial charge is 0.435 e. The van der Waals surface area contributed by atoms with Crippen LogP contribution in [0, 0.1) is 0 Å². The Balaban J connectivity index is 3.20. The number of hydrogen-bond donors (Lipinski definition) is 2. The zero-order chi connectivity index (χ0) is 10.9. The summed E-state index contributed by atoms with van der Waals surface area (Å²) < 4.78 is 36.4. The zero-order valence-electron chi connectivity index (χ0n) is 6.62. The number of aliphatic hydroxyl groups excluding tert-OH is 1. The number of rotatable bonds is 2. The van der Waals surface area contributed by atoms with Crippen LogP contribution >= 0.6 is 0 Å². The Morgan fingerprint density at radius 2 is 2.14 bits per heavy atom. The molecular weight excluding hydrogens is 205 g/mol. The molecule has 1 rings (SSSR count). The molecule has 0 fully saturated rings. The van der Waals surface area contributed by atoms with Crippen LogP contribution in [-0.4, -0.2) is 26.0 Å². The van der Waals surface area contributed by atoms with Crippen molar-refractivity contribution >= 4 is 5.97 Å². The van der Waals surface area contributed by atoms with Crippen LogP contribution in [0.3, 0.4) is 0 Å². The molecule has 2 N–H and O–H groups in total. The molecule has 1 heterocycles. The van der Waals surface area contributed by atoms with Gasteiger partial charge in [0.15, 0.2) is 5.69 Å². The Morgan fingerprint density at radius 1 is 1.57 bits per heavy atom. The van der Waals surface area contributed by atoms with E-state index in [2.05, 4.69) is 5.10 Å². The molecule has 0 atom stereocenters. The van der Waals surface area contributed by atoms with Gasteiger partial charge < -0.3 is 10.2 Å². The van der Waals surface area contributed by atoms with Crippen LogP contribution in [0.2, 0.25) is 0 Å². The molecule has 14 heavy (non-hydrogen) atoms. The van der Waals surface area contributed by atoms with Gasteiger partial charge >= 0.3 is 12.1 Å². The largest absolute Gasteiger partial charge is 0.477 e. The van der Waals surface area contributed by atoms with Crippen LogP contribution in [0.25, 0.3) is 0 Å². The second kappa shape index (κ2) is 3.29. The van der Waals surface area contributed by atoms with Crippen molar-refractivity contribution in [2.75, 3.05) is 0 Å². The van der Waals surface area contributed by atoms with Gasteiger partial charge in [-0.25, -0.2) is 9.48 Å². The third-order valence-electron chi connectivity index (χ3n) is 1.42. The number of aliphatic hydroxyl groups is 1. The van der Waals surface area contributed by atoms with Gasteiger partial charge in [0.25, 0.3) is 0 Å². The van der Waals surface area contributed by atoms with Crippen molar-refractivity contribution in [2.45, 2.75) is 12.9 Å². The van der Waals surface area contributed by atoms with Gasteiger partial charge in [0, 0.05) is 6.07 Å². The molecule has 0 aliphatic rings. The quantitative estimate of drug-likeness (QED) is 0.747. The number of aromatic carboxylic acids is 1. The first kappa shape index (κ1) is 10.5. The van der Waals surface area contributed by atoms with Crippen LogP contribution in [-0.2, 0) is 12.9 Å². The molecule has 0 aliphatic heterocycles. The van der Waals surface area contributed by atoms with Crippen molar-refractivity contribution in [1.82, 2.24) is 9.78 Å². The second-order valence-electron chi connectivity index (χ2n) is 2.36. The van der Waals surface area contributed by atoms with Gasteiger partial charge in [-0.2, -0.15) is 18.3 Å². The van der Waals surface area contributed by atoms with Gasteiger partial charge in [0.2, 0.25) is 0 Å². The minimum atomic E-state index is -4.72. The topological polar surface area (TPSA) is 75.3 Å². The maximum atomic E-state index is 12.0. The molecule has 78 valence electrons. The van der Waals surface area contributed by atoms with E-state index >= 15 is 0 Å². The molecule has 0 amide bonds. The van der Waals surface area contributed by atoms with Crippen molar-refractivity contribution in [1.29, 1.82) is 0 Å². The first-order valence-corrected chi connectivity index (χ1v) is 3.35. The van der Waals surface area contributed by atoms with Crippen LogP contribution in [0.1, 0.15) is 16.2 Å². The van der Waals surface area contributed by atoms with E-state index < -0.39 is 30.3 Å². The minimum Gasteiger partial charge on any atom is -0.477 e. The van der Waals surface area contributed by atoms with Crippen molar-refractivity contribution in [3.05, 3.63) is 17.5 Å². The fraction of sp³-hybridized carbons (Fsp3) is 0.333. The maximum Gasteiger partial charge on any atom is 0.435 e. The van der Waals surface area contributed by atoms with E-state index in [4.69, 9.17) is 10.2 Å². The molecule has 0 saturated carbocycles. The fourth-order valence-corrected chi connectivity index (χ4v) is 0.835. The summed E-state index contributed by atoms with van der Waals surface area (Å²) in [7, 11) is 0. The first-order valence-electron chi connectivity index (χ1n) is 3.35. The van der Waals surface area contributed by atoms with Crippen molar-refractivity contribution < 1.29 is 28.2 Å². The summed E-state index contributed by atoms with van der Waals surface area (Å²) in [6.07, 6.45) is -4.72. The molecule has 0 aliphatic carbocycles. The van der Waals surface area contributed by atoms with E-state index in [1.165, 1.54) is 0 Å². The summed E-state index contributed by atoms with van der Waals surface area (Å²) in [4.78, 5) is 10.4. The first-order chi connectivity index (χ1) is 6.36. The fourth-order valence-electron chi connectivity index (χ4n) is 0.835. The number of carbonyl (C=O) groups is 1. The third kappa shape index (κ3) is 1.84. The number of aromatic nitrogens is 2. The van der Waals surface area contributed by atoms with E-state index in [0.29, 0.717) is 10.7 Å². The highest BCUT2D eigenvalue weighted by atomic mass is 19.4. The van der Waals surface area contributed by atoms with Crippen molar-refractivity contribution in [2.24, 2.45) is 0 Å². The molecule has 0 bridgehead atoms. The van der Waals surface area contributed by atoms with Crippen molar-refractivity contribution in [3.8, 4) is 0 Å². The molecule has 0 radical (unpaired) electrons. The predicted octanol–water partition coefficient (Wildman–Crippen LogP) is 0.550. The van der Waals surface area contributed by atoms with Crippen LogP contribution in [0.5, 0.6) is 0 Å². The number of carboxylic acid groups (broad SMARTS) is 1. The predicted molar refractivity (Wildman–Crippen MR) is 36.4 cm³/mol. The van der Waals surface area contributed by atoms with Gasteiger partial charge in [0.05, 0.1) is 0 Å². The molecule has 0 spiro atoms. The van der Waals surface area contributed by atoms with E-state index in [1.54, 1.807) is 0 Å². The van der Waals surface area contributed by atoms with Gasteiger partial charge in [-0.15, -0.1) is 0 Å². The average Bonchev–Trinajstić information content (AvgIpc) is 2.45. The van der Waals surface area contributed by atoms with Gasteiger partial charge in [0.1, 0.15) is 12.4 Å². The highest BCUT2D eigenvalue weighted by molar-refractivity contribution is 5.85. The molecule has 0 aromatic carbocycles. The normalized spacial score (nSPS) is 11.7. The van der Waals surface area contributed by atoms with E-state index in [-0.39, 0.29) is 0 Å². The average molecular weight is 210 g/mol. The Morgan fingerprint density at radius 3 is 2.43 bits per heavy atom. The minimum absolute atomic E-state index is 0.352. The summed E-state index contributed by atoms with van der Waals surface area (Å²) in [6.45, 7) is -0.919. The monoisotopic (exact) mass is 210 g/mol. The Labute approximate surface area is 75.4 Å². The zero-order valence-corrected chi connectivity index (χ0v) is 6.62. The van der Waals surface area contributed by atoms with E-state index in [0.717, 1.165) is 0 Å². The molecular formula is C6H5F3N2O3. The van der Waals surface area contributed by atoms with Crippen molar-refractivity contribution in [3.63, 3.8) is 0 Å². The summed E-state index contributed by atoms with van der Waals surface area (Å²) in [5, 5.41) is 19.8. The highest BCUT2D eigenvalue weighted by Crippen LogP contribution is 2.28. The number of carboxylic acids is 1. The lowest BCUT2D eigenvalue weighted by molar-refractivity contribution is -0.141. The standard InChI is InChI=1S/C6H5F3N2O3/c7-6(8,9)4-1-3(5(13)14)11(2-12)10-4/h1,12H,2H2,(H,13,14). The Hall–Kier alpha value is -1.57. The molecule has 0 unspecified atom stereocenters. The summed E-state index contributed by atoms with van der Waals surface area (Å²) in [5.74, 6) is -1.58. The van der Waals surface area contributed by atoms with Gasteiger partial charge in [-0.3, -0.25) is 0 Å². The van der Waals surface area contributed by atoms with E-state index in [1.807, 2.05) is 0 Å². The molecule has 8 heteroatoms. The van der Waals surface area contributed by atoms with Crippen LogP contribution in [0.15, 0.2) is 6.07 Å². The number of hydrogen-bond acceptors (Lipinski definition) is 3. The van der Waals surface area contributed by atoms with E-state index in [9.17, 15) is 18.0 Å². The summed E-state index contributed by atoms with van der Waals surface area (Å²) >= 11 is 0. The van der Waals surface area contributed by atoms with Gasteiger partial charge in [-0.05, 0) is 0 Å². The van der Waals surface area contributed by atoms with Gasteiger partial charge in [-0.1, -0.05) is 0 Å². The summed E-state index contributed by atoms with van der Waals surface area (Å²) in [6, 6.07) is 0.360. The Bertz CT molecular complexity index is 358. The SMILES string of the molecule is O=C(O)c1cc(C(F)(F)F)nn1CO. The lowest BCUT2D eigenvalue weighted by Crippen LogP contribution is -2.10. The second-order valence-corrected chi connectivity index (χ2v) is 2.36. The lowest BCUT2D eigenvalue weighted by Gasteiger charge is -1.99. The lowest BCUT2D eigenvalue weighted by atomic mass is 10.3.